The summed E-state index contributed by atoms with van der Waals surface area (Å²) in [5.41, 5.74) is -0.943. The van der Waals surface area contributed by atoms with Crippen molar-refractivity contribution in [3.8, 4) is 0 Å². The summed E-state index contributed by atoms with van der Waals surface area (Å²) in [4.78, 5) is 37.4. The van der Waals surface area contributed by atoms with Gasteiger partial charge in [0.2, 0.25) is 0 Å². The highest BCUT2D eigenvalue weighted by atomic mass is 16.6. The number of ketones is 2. The number of fused-ring (bicyclic) bond motifs is 5. The molecule has 4 rings (SSSR count). The Labute approximate surface area is 178 Å². The fraction of sp³-hybridized carbons (Fsp3) is 0.720. The molecule has 0 spiro atoms. The summed E-state index contributed by atoms with van der Waals surface area (Å²) in [5.74, 6) is 0.0389. The van der Waals surface area contributed by atoms with Crippen molar-refractivity contribution in [2.24, 2.45) is 28.6 Å². The monoisotopic (exact) mass is 414 g/mol. The molecule has 7 atom stereocenters. The Hall–Kier alpha value is -1.75. The molecular formula is C25H34O5. The van der Waals surface area contributed by atoms with Gasteiger partial charge in [-0.1, -0.05) is 32.4 Å². The van der Waals surface area contributed by atoms with Crippen molar-refractivity contribution in [3.05, 3.63) is 23.8 Å². The van der Waals surface area contributed by atoms with E-state index in [9.17, 15) is 19.5 Å². The molecule has 0 aromatic rings. The lowest BCUT2D eigenvalue weighted by Gasteiger charge is -2.59. The molecule has 0 unspecified atom stereocenters. The standard InChI is InChI=1S/C25H34O5/c1-5-6-21(29)30-25(15(2)26)12-10-19-18-8-7-16-13-17(27)9-11-23(16,3)22(18)20(28)14-24(19,25)4/h9,11,13,18-20,22,28H,5-8,10,12,14H2,1-4H3/t18-,19-,20-,22+,23-,24-,25-/m0/s1. The fourth-order valence-electron chi connectivity index (χ4n) is 7.58. The molecule has 30 heavy (non-hydrogen) atoms. The third-order valence-corrected chi connectivity index (χ3v) is 8.93. The summed E-state index contributed by atoms with van der Waals surface area (Å²) in [6.45, 7) is 7.65. The Morgan fingerprint density at radius 1 is 1.27 bits per heavy atom. The van der Waals surface area contributed by atoms with E-state index >= 15 is 0 Å². The van der Waals surface area contributed by atoms with E-state index in [0.717, 1.165) is 24.8 Å². The molecule has 3 fully saturated rings. The van der Waals surface area contributed by atoms with Crippen LogP contribution >= 0.6 is 0 Å². The first-order chi connectivity index (χ1) is 14.1. The second-order valence-electron chi connectivity index (χ2n) is 10.4. The van der Waals surface area contributed by atoms with Crippen molar-refractivity contribution in [2.75, 3.05) is 0 Å². The van der Waals surface area contributed by atoms with Gasteiger partial charge in [0.25, 0.3) is 0 Å². The lowest BCUT2D eigenvalue weighted by molar-refractivity contribution is -0.198. The smallest absolute Gasteiger partial charge is 0.306 e. The number of aliphatic hydroxyl groups excluding tert-OH is 1. The second-order valence-corrected chi connectivity index (χ2v) is 10.4. The maximum Gasteiger partial charge on any atom is 0.306 e. The molecule has 0 aromatic heterocycles. The average molecular weight is 415 g/mol. The third kappa shape index (κ3) is 2.80. The van der Waals surface area contributed by atoms with Crippen molar-refractivity contribution in [2.45, 2.75) is 84.3 Å². The normalized spacial score (nSPS) is 44.6. The van der Waals surface area contributed by atoms with Gasteiger partial charge in [0.1, 0.15) is 0 Å². The Bertz CT molecular complexity index is 840. The molecule has 0 saturated heterocycles. The molecule has 1 N–H and O–H groups in total. The molecule has 5 heteroatoms. The quantitative estimate of drug-likeness (QED) is 0.705. The van der Waals surface area contributed by atoms with Gasteiger partial charge in [-0.25, -0.2) is 0 Å². The molecule has 0 aromatic carbocycles. The number of carbonyl (C=O) groups is 3. The number of hydrogen-bond acceptors (Lipinski definition) is 5. The number of carbonyl (C=O) groups excluding carboxylic acids is 3. The molecule has 164 valence electrons. The minimum absolute atomic E-state index is 0.00836. The summed E-state index contributed by atoms with van der Waals surface area (Å²) >= 11 is 0. The van der Waals surface area contributed by atoms with Gasteiger partial charge in [0.15, 0.2) is 17.2 Å². The number of rotatable bonds is 4. The van der Waals surface area contributed by atoms with Crippen LogP contribution in [0.4, 0.5) is 0 Å². The molecule has 0 amide bonds. The van der Waals surface area contributed by atoms with Crippen LogP contribution in [0, 0.1) is 28.6 Å². The third-order valence-electron chi connectivity index (χ3n) is 8.93. The average Bonchev–Trinajstić information content (AvgIpc) is 2.95. The van der Waals surface area contributed by atoms with Gasteiger partial charge < -0.3 is 9.84 Å². The largest absolute Gasteiger partial charge is 0.450 e. The first kappa shape index (κ1) is 21.5. The van der Waals surface area contributed by atoms with Crippen LogP contribution < -0.4 is 0 Å². The number of ether oxygens (including phenoxy) is 1. The maximum atomic E-state index is 12.9. The highest BCUT2D eigenvalue weighted by molar-refractivity contribution is 6.01. The van der Waals surface area contributed by atoms with Crippen LogP contribution in [0.15, 0.2) is 23.8 Å². The van der Waals surface area contributed by atoms with E-state index < -0.39 is 17.1 Å². The van der Waals surface area contributed by atoms with E-state index in [-0.39, 0.29) is 40.7 Å². The number of hydrogen-bond donors (Lipinski definition) is 1. The Morgan fingerprint density at radius 3 is 2.67 bits per heavy atom. The summed E-state index contributed by atoms with van der Waals surface area (Å²) in [6.07, 6.45) is 9.23. The van der Waals surface area contributed by atoms with Crippen molar-refractivity contribution in [1.82, 2.24) is 0 Å². The lowest BCUT2D eigenvalue weighted by Crippen LogP contribution is -2.62. The van der Waals surface area contributed by atoms with Crippen molar-refractivity contribution < 1.29 is 24.2 Å². The summed E-state index contributed by atoms with van der Waals surface area (Å²) in [5, 5.41) is 11.4. The molecule has 4 aliphatic rings. The van der Waals surface area contributed by atoms with Crippen molar-refractivity contribution in [1.29, 1.82) is 0 Å². The van der Waals surface area contributed by atoms with Crippen LogP contribution in [0.5, 0.6) is 0 Å². The van der Waals surface area contributed by atoms with Crippen molar-refractivity contribution in [3.63, 3.8) is 0 Å². The van der Waals surface area contributed by atoms with Crippen LogP contribution in [0.25, 0.3) is 0 Å². The van der Waals surface area contributed by atoms with Crippen LogP contribution in [0.2, 0.25) is 0 Å². The molecule has 5 nitrogen and oxygen atoms in total. The van der Waals surface area contributed by atoms with Gasteiger partial charge in [-0.15, -0.1) is 0 Å². The molecule has 0 radical (unpaired) electrons. The van der Waals surface area contributed by atoms with E-state index in [4.69, 9.17) is 4.74 Å². The molecular weight excluding hydrogens is 380 g/mol. The van der Waals surface area contributed by atoms with Crippen LogP contribution in [0.1, 0.15) is 72.6 Å². The molecule has 4 aliphatic carbocycles. The number of aliphatic hydroxyl groups is 1. The fourth-order valence-corrected chi connectivity index (χ4v) is 7.58. The minimum atomic E-state index is -1.15. The Balaban J connectivity index is 1.72. The van der Waals surface area contributed by atoms with Crippen LogP contribution in [-0.2, 0) is 19.1 Å². The molecule has 0 heterocycles. The Morgan fingerprint density at radius 2 is 2.00 bits per heavy atom. The predicted molar refractivity (Wildman–Crippen MR) is 112 cm³/mol. The summed E-state index contributed by atoms with van der Waals surface area (Å²) in [7, 11) is 0. The van der Waals surface area contributed by atoms with Gasteiger partial charge in [-0.2, -0.15) is 0 Å². The van der Waals surface area contributed by atoms with E-state index in [1.54, 1.807) is 12.2 Å². The van der Waals surface area contributed by atoms with Gasteiger partial charge in [0, 0.05) is 23.2 Å². The number of esters is 1. The van der Waals surface area contributed by atoms with Crippen molar-refractivity contribution >= 4 is 17.5 Å². The first-order valence-corrected chi connectivity index (χ1v) is 11.4. The SMILES string of the molecule is CCCC(=O)O[C@]1(C(C)=O)CC[C@H]2[C@@H]3CCC4=CC(=O)C=C[C@]4(C)[C@H]3[C@@H](O)C[C@@]21C. The second kappa shape index (κ2) is 7.15. The Kier molecular flexibility index (Phi) is 5.12. The lowest BCUT2D eigenvalue weighted by atomic mass is 9.46. The van der Waals surface area contributed by atoms with E-state index in [1.807, 2.05) is 13.0 Å². The topological polar surface area (TPSA) is 80.7 Å². The van der Waals surface area contributed by atoms with E-state index in [2.05, 4.69) is 13.8 Å². The predicted octanol–water partition coefficient (Wildman–Crippen LogP) is 3.94. The number of Topliss-reactive ketones (excluding diaryl/α,β-unsaturated/α-hetero) is 1. The first-order valence-electron chi connectivity index (χ1n) is 11.4. The number of allylic oxidation sites excluding steroid dienone is 4. The molecule has 0 aliphatic heterocycles. The highest BCUT2D eigenvalue weighted by Gasteiger charge is 2.69. The van der Waals surface area contributed by atoms with Gasteiger partial charge in [-0.05, 0) is 69.4 Å². The highest BCUT2D eigenvalue weighted by Crippen LogP contribution is 2.67. The molecule has 0 bridgehead atoms. The zero-order chi connectivity index (χ0) is 21.9. The van der Waals surface area contributed by atoms with Crippen LogP contribution in [-0.4, -0.2) is 34.3 Å². The summed E-state index contributed by atoms with van der Waals surface area (Å²) in [6, 6.07) is 0. The van der Waals surface area contributed by atoms with Gasteiger partial charge in [0.05, 0.1) is 6.10 Å². The zero-order valence-electron chi connectivity index (χ0n) is 18.6. The van der Waals surface area contributed by atoms with Gasteiger partial charge in [-0.3, -0.25) is 14.4 Å². The van der Waals surface area contributed by atoms with E-state index in [0.29, 0.717) is 25.7 Å². The van der Waals surface area contributed by atoms with Crippen LogP contribution in [0.3, 0.4) is 0 Å². The summed E-state index contributed by atoms with van der Waals surface area (Å²) < 4.78 is 5.98. The molecule has 3 saturated carbocycles. The minimum Gasteiger partial charge on any atom is -0.450 e. The zero-order valence-corrected chi connectivity index (χ0v) is 18.6. The maximum absolute atomic E-state index is 12.9. The van der Waals surface area contributed by atoms with Gasteiger partial charge >= 0.3 is 5.97 Å². The van der Waals surface area contributed by atoms with E-state index in [1.165, 1.54) is 6.92 Å².